The van der Waals surface area contributed by atoms with Crippen LogP contribution in [0.5, 0.6) is 5.75 Å². The fraction of sp³-hybridized carbons (Fsp3) is 0.538. The second-order valence-electron chi connectivity index (χ2n) is 4.61. The van der Waals surface area contributed by atoms with Gasteiger partial charge in [0.05, 0.1) is 7.11 Å². The molecule has 1 fully saturated rings. The summed E-state index contributed by atoms with van der Waals surface area (Å²) in [7, 11) is 1.47. The van der Waals surface area contributed by atoms with Crippen molar-refractivity contribution in [3.8, 4) is 5.75 Å². The van der Waals surface area contributed by atoms with Gasteiger partial charge in [0, 0.05) is 19.1 Å². The summed E-state index contributed by atoms with van der Waals surface area (Å²) in [5, 5.41) is 0. The lowest BCUT2D eigenvalue weighted by molar-refractivity contribution is 0.201. The molecule has 0 aliphatic carbocycles. The first-order valence-corrected chi connectivity index (χ1v) is 5.99. The Morgan fingerprint density at radius 2 is 2.28 bits per heavy atom. The van der Waals surface area contributed by atoms with E-state index in [0.717, 1.165) is 38.0 Å². The second-order valence-corrected chi connectivity index (χ2v) is 4.61. The van der Waals surface area contributed by atoms with E-state index < -0.39 is 0 Å². The van der Waals surface area contributed by atoms with Crippen molar-refractivity contribution in [1.29, 1.82) is 0 Å². The van der Waals surface area contributed by atoms with Gasteiger partial charge >= 0.3 is 0 Å². The number of hydrogen-bond donors (Lipinski definition) is 1. The van der Waals surface area contributed by atoms with Crippen molar-refractivity contribution in [1.82, 2.24) is 4.90 Å². The molecule has 1 aromatic rings. The van der Waals surface area contributed by atoms with Crippen LogP contribution in [0.25, 0.3) is 0 Å². The van der Waals surface area contributed by atoms with E-state index in [1.54, 1.807) is 12.1 Å². The molecule has 5 heteroatoms. The molecule has 1 unspecified atom stereocenters. The van der Waals surface area contributed by atoms with E-state index >= 15 is 0 Å². The predicted molar refractivity (Wildman–Crippen MR) is 72.7 cm³/mol. The Morgan fingerprint density at radius 3 is 2.89 bits per heavy atom. The van der Waals surface area contributed by atoms with Gasteiger partial charge in [-0.3, -0.25) is 4.90 Å². The van der Waals surface area contributed by atoms with E-state index in [0.29, 0.717) is 5.75 Å². The number of piperidine rings is 1. The largest absolute Gasteiger partial charge is 0.494 e. The minimum atomic E-state index is -0.300. The standard InChI is InChI=1S/C13H19FN2O.ClH/c1-17-13-5-4-10(7-12(13)14)8-16-6-2-3-11(15)9-16;/h4-5,7,11H,2-3,6,8-9,15H2,1H3;1H. The molecule has 1 atom stereocenters. The third kappa shape index (κ3) is 3.83. The molecule has 102 valence electrons. The Bertz CT molecular complexity index is 389. The quantitative estimate of drug-likeness (QED) is 0.918. The Labute approximate surface area is 114 Å². The monoisotopic (exact) mass is 274 g/mol. The van der Waals surface area contributed by atoms with Gasteiger partial charge in [0.15, 0.2) is 11.6 Å². The number of benzene rings is 1. The molecule has 0 bridgehead atoms. The minimum absolute atomic E-state index is 0. The van der Waals surface area contributed by atoms with E-state index in [1.165, 1.54) is 7.11 Å². The number of rotatable bonds is 3. The molecule has 0 spiro atoms. The number of likely N-dealkylation sites (tertiary alicyclic amines) is 1. The molecule has 1 aliphatic heterocycles. The molecule has 1 heterocycles. The summed E-state index contributed by atoms with van der Waals surface area (Å²) in [5.41, 5.74) is 6.89. The van der Waals surface area contributed by atoms with Gasteiger partial charge in [0.25, 0.3) is 0 Å². The zero-order valence-electron chi connectivity index (χ0n) is 10.6. The molecule has 1 aromatic carbocycles. The van der Waals surface area contributed by atoms with Crippen molar-refractivity contribution in [3.63, 3.8) is 0 Å². The average molecular weight is 275 g/mol. The molecular weight excluding hydrogens is 255 g/mol. The topological polar surface area (TPSA) is 38.5 Å². The number of nitrogens with two attached hydrogens (primary N) is 1. The summed E-state index contributed by atoms with van der Waals surface area (Å²) >= 11 is 0. The summed E-state index contributed by atoms with van der Waals surface area (Å²) in [6, 6.07) is 5.38. The van der Waals surface area contributed by atoms with Crippen LogP contribution in [0.1, 0.15) is 18.4 Å². The molecule has 1 saturated heterocycles. The molecule has 0 radical (unpaired) electrons. The van der Waals surface area contributed by atoms with Gasteiger partial charge in [0.1, 0.15) is 0 Å². The predicted octanol–water partition coefficient (Wildman–Crippen LogP) is 2.18. The normalized spacial score (nSPS) is 20.3. The molecule has 18 heavy (non-hydrogen) atoms. The van der Waals surface area contributed by atoms with Crippen molar-refractivity contribution < 1.29 is 9.13 Å². The summed E-state index contributed by atoms with van der Waals surface area (Å²) < 4.78 is 18.4. The first-order chi connectivity index (χ1) is 8.19. The van der Waals surface area contributed by atoms with Gasteiger partial charge in [0.2, 0.25) is 0 Å². The molecule has 3 nitrogen and oxygen atoms in total. The highest BCUT2D eigenvalue weighted by molar-refractivity contribution is 5.85. The maximum absolute atomic E-state index is 13.5. The number of ether oxygens (including phenoxy) is 1. The third-order valence-corrected chi connectivity index (χ3v) is 3.16. The first kappa shape index (κ1) is 15.2. The highest BCUT2D eigenvalue weighted by atomic mass is 35.5. The molecule has 2 rings (SSSR count). The summed E-state index contributed by atoms with van der Waals surface area (Å²) in [6.07, 6.45) is 2.22. The molecule has 1 aliphatic rings. The lowest BCUT2D eigenvalue weighted by atomic mass is 10.1. The van der Waals surface area contributed by atoms with Crippen molar-refractivity contribution in [2.24, 2.45) is 5.73 Å². The summed E-state index contributed by atoms with van der Waals surface area (Å²) in [5.74, 6) is -0.00426. The fourth-order valence-corrected chi connectivity index (χ4v) is 2.30. The molecule has 0 amide bonds. The molecular formula is C13H20ClFN2O. The SMILES string of the molecule is COc1ccc(CN2CCCC(N)C2)cc1F.Cl. The zero-order chi connectivity index (χ0) is 12.3. The number of hydrogen-bond acceptors (Lipinski definition) is 3. The van der Waals surface area contributed by atoms with Crippen molar-refractivity contribution in [3.05, 3.63) is 29.6 Å². The molecule has 0 saturated carbocycles. The van der Waals surface area contributed by atoms with Crippen LogP contribution < -0.4 is 10.5 Å². The van der Waals surface area contributed by atoms with Crippen molar-refractivity contribution in [2.75, 3.05) is 20.2 Å². The lowest BCUT2D eigenvalue weighted by Crippen LogP contribution is -2.42. The van der Waals surface area contributed by atoms with Gasteiger partial charge < -0.3 is 10.5 Å². The Kier molecular flexibility index (Phi) is 5.85. The van der Waals surface area contributed by atoms with Crippen LogP contribution in [0.15, 0.2) is 18.2 Å². The minimum Gasteiger partial charge on any atom is -0.494 e. The van der Waals surface area contributed by atoms with Gasteiger partial charge in [-0.1, -0.05) is 6.07 Å². The highest BCUT2D eigenvalue weighted by Crippen LogP contribution is 2.19. The van der Waals surface area contributed by atoms with Gasteiger partial charge in [-0.05, 0) is 37.1 Å². The van der Waals surface area contributed by atoms with Gasteiger partial charge in [-0.25, -0.2) is 4.39 Å². The number of nitrogens with zero attached hydrogens (tertiary/aromatic N) is 1. The zero-order valence-corrected chi connectivity index (χ0v) is 11.4. The Balaban J connectivity index is 0.00000162. The summed E-state index contributed by atoms with van der Waals surface area (Å²) in [4.78, 5) is 2.27. The van der Waals surface area contributed by atoms with E-state index in [4.69, 9.17) is 10.5 Å². The van der Waals surface area contributed by atoms with Crippen LogP contribution in [0.4, 0.5) is 4.39 Å². The van der Waals surface area contributed by atoms with Crippen LogP contribution in [-0.2, 0) is 6.54 Å². The summed E-state index contributed by atoms with van der Waals surface area (Å²) in [6.45, 7) is 2.70. The van der Waals surface area contributed by atoms with E-state index in [9.17, 15) is 4.39 Å². The smallest absolute Gasteiger partial charge is 0.165 e. The lowest BCUT2D eigenvalue weighted by Gasteiger charge is -2.30. The van der Waals surface area contributed by atoms with Crippen LogP contribution in [-0.4, -0.2) is 31.1 Å². The van der Waals surface area contributed by atoms with E-state index in [-0.39, 0.29) is 24.3 Å². The second kappa shape index (κ2) is 6.92. The maximum Gasteiger partial charge on any atom is 0.165 e. The maximum atomic E-state index is 13.5. The van der Waals surface area contributed by atoms with Crippen LogP contribution in [0.2, 0.25) is 0 Å². The van der Waals surface area contributed by atoms with Crippen LogP contribution in [0.3, 0.4) is 0 Å². The Morgan fingerprint density at radius 1 is 1.50 bits per heavy atom. The fourth-order valence-electron chi connectivity index (χ4n) is 2.30. The van der Waals surface area contributed by atoms with E-state index in [2.05, 4.69) is 4.90 Å². The van der Waals surface area contributed by atoms with Gasteiger partial charge in [-0.15, -0.1) is 12.4 Å². The number of halogens is 2. The van der Waals surface area contributed by atoms with Crippen LogP contribution >= 0.6 is 12.4 Å². The third-order valence-electron chi connectivity index (χ3n) is 3.16. The average Bonchev–Trinajstić information content (AvgIpc) is 2.29. The molecule has 2 N–H and O–H groups in total. The number of methoxy groups -OCH3 is 1. The first-order valence-electron chi connectivity index (χ1n) is 5.99. The van der Waals surface area contributed by atoms with Crippen LogP contribution in [0, 0.1) is 5.82 Å². The molecule has 0 aromatic heterocycles. The van der Waals surface area contributed by atoms with Crippen molar-refractivity contribution >= 4 is 12.4 Å². The van der Waals surface area contributed by atoms with E-state index in [1.807, 2.05) is 6.07 Å². The Hall–Kier alpha value is -0.840. The van der Waals surface area contributed by atoms with Gasteiger partial charge in [-0.2, -0.15) is 0 Å². The highest BCUT2D eigenvalue weighted by Gasteiger charge is 2.17. The van der Waals surface area contributed by atoms with Crippen molar-refractivity contribution in [2.45, 2.75) is 25.4 Å².